The van der Waals surface area contributed by atoms with Crippen molar-refractivity contribution in [3.8, 4) is 0 Å². The number of hydrogen-bond acceptors (Lipinski definition) is 3. The van der Waals surface area contributed by atoms with Gasteiger partial charge in [0.2, 0.25) is 5.91 Å². The van der Waals surface area contributed by atoms with Gasteiger partial charge in [-0.25, -0.2) is 4.39 Å². The highest BCUT2D eigenvalue weighted by molar-refractivity contribution is 7.07. The van der Waals surface area contributed by atoms with Gasteiger partial charge >= 0.3 is 4.87 Å². The summed E-state index contributed by atoms with van der Waals surface area (Å²) < 4.78 is 12.7. The van der Waals surface area contributed by atoms with Crippen molar-refractivity contribution in [1.82, 2.24) is 10.3 Å². The molecule has 2 N–H and O–H groups in total. The summed E-state index contributed by atoms with van der Waals surface area (Å²) in [4.78, 5) is 24.9. The summed E-state index contributed by atoms with van der Waals surface area (Å²) >= 11 is 1.06. The molecule has 0 fully saturated rings. The van der Waals surface area contributed by atoms with Crippen LogP contribution in [0.4, 0.5) is 4.39 Å². The topological polar surface area (TPSA) is 62.0 Å². The fourth-order valence-corrected chi connectivity index (χ4v) is 2.03. The molecule has 0 unspecified atom stereocenters. The highest BCUT2D eigenvalue weighted by Crippen LogP contribution is 2.03. The number of thiazole rings is 1. The number of carbonyl (C=O) groups is 1. The Kier molecular flexibility index (Phi) is 3.88. The second-order valence-electron chi connectivity index (χ2n) is 3.75. The number of rotatable bonds is 4. The van der Waals surface area contributed by atoms with Crippen LogP contribution in [0.2, 0.25) is 0 Å². The lowest BCUT2D eigenvalue weighted by atomic mass is 10.1. The van der Waals surface area contributed by atoms with E-state index in [1.807, 2.05) is 0 Å². The van der Waals surface area contributed by atoms with Crippen LogP contribution in [0.15, 0.2) is 34.4 Å². The van der Waals surface area contributed by atoms with E-state index in [4.69, 9.17) is 0 Å². The highest BCUT2D eigenvalue weighted by atomic mass is 32.1. The van der Waals surface area contributed by atoms with Crippen LogP contribution in [-0.2, 0) is 17.8 Å². The van der Waals surface area contributed by atoms with Crippen molar-refractivity contribution in [2.24, 2.45) is 0 Å². The van der Waals surface area contributed by atoms with E-state index in [0.717, 1.165) is 16.9 Å². The number of nitrogens with one attached hydrogen (secondary N) is 2. The molecule has 1 aromatic carbocycles. The molecule has 0 aliphatic rings. The Labute approximate surface area is 106 Å². The van der Waals surface area contributed by atoms with E-state index >= 15 is 0 Å². The second kappa shape index (κ2) is 5.59. The molecule has 1 heterocycles. The van der Waals surface area contributed by atoms with Crippen molar-refractivity contribution in [2.75, 3.05) is 0 Å². The first-order valence-electron chi connectivity index (χ1n) is 5.31. The maximum Gasteiger partial charge on any atom is 0.304 e. The zero-order valence-corrected chi connectivity index (χ0v) is 10.2. The highest BCUT2D eigenvalue weighted by Gasteiger charge is 2.04. The van der Waals surface area contributed by atoms with Crippen LogP contribution in [0.25, 0.3) is 0 Å². The number of H-pyrrole nitrogens is 1. The molecule has 94 valence electrons. The summed E-state index contributed by atoms with van der Waals surface area (Å²) in [7, 11) is 0. The van der Waals surface area contributed by atoms with Gasteiger partial charge in [0.25, 0.3) is 0 Å². The molecule has 18 heavy (non-hydrogen) atoms. The predicted molar refractivity (Wildman–Crippen MR) is 66.9 cm³/mol. The molecule has 0 aliphatic carbocycles. The Morgan fingerprint density at radius 2 is 2.06 bits per heavy atom. The minimum atomic E-state index is -0.324. The fourth-order valence-electron chi connectivity index (χ4n) is 1.44. The van der Waals surface area contributed by atoms with Crippen LogP contribution in [-0.4, -0.2) is 10.9 Å². The Morgan fingerprint density at radius 3 is 2.67 bits per heavy atom. The van der Waals surface area contributed by atoms with Crippen LogP contribution in [0.3, 0.4) is 0 Å². The first kappa shape index (κ1) is 12.5. The molecule has 2 aromatic rings. The average Bonchev–Trinajstić information content (AvgIpc) is 2.76. The number of carbonyl (C=O) groups excluding carboxylic acids is 1. The van der Waals surface area contributed by atoms with E-state index in [1.165, 1.54) is 12.1 Å². The summed E-state index contributed by atoms with van der Waals surface area (Å²) in [5.74, 6) is -0.497. The van der Waals surface area contributed by atoms with Crippen molar-refractivity contribution >= 4 is 17.2 Å². The molecule has 1 aromatic heterocycles. The number of aromatic nitrogens is 1. The molecule has 0 radical (unpaired) electrons. The molecule has 6 heteroatoms. The van der Waals surface area contributed by atoms with E-state index in [-0.39, 0.29) is 23.0 Å². The van der Waals surface area contributed by atoms with Crippen LogP contribution in [0.5, 0.6) is 0 Å². The van der Waals surface area contributed by atoms with Crippen molar-refractivity contribution < 1.29 is 9.18 Å². The minimum Gasteiger partial charge on any atom is -0.350 e. The lowest BCUT2D eigenvalue weighted by Crippen LogP contribution is -2.24. The molecule has 0 atom stereocenters. The van der Waals surface area contributed by atoms with Crippen LogP contribution < -0.4 is 10.2 Å². The van der Waals surface area contributed by atoms with Gasteiger partial charge in [0.1, 0.15) is 5.82 Å². The van der Waals surface area contributed by atoms with Gasteiger partial charge in [-0.15, -0.1) is 0 Å². The van der Waals surface area contributed by atoms with E-state index < -0.39 is 0 Å². The third kappa shape index (κ3) is 3.53. The van der Waals surface area contributed by atoms with Gasteiger partial charge < -0.3 is 10.3 Å². The molecular formula is C12H11FN2O2S. The van der Waals surface area contributed by atoms with Gasteiger partial charge in [0, 0.05) is 11.1 Å². The van der Waals surface area contributed by atoms with Gasteiger partial charge in [-0.05, 0) is 17.7 Å². The smallest absolute Gasteiger partial charge is 0.304 e. The molecule has 4 nitrogen and oxygen atoms in total. The number of aromatic amines is 1. The zero-order valence-electron chi connectivity index (χ0n) is 9.40. The number of halogens is 1. The summed E-state index contributed by atoms with van der Waals surface area (Å²) in [6.45, 7) is 0.290. The molecule has 0 aliphatic heterocycles. The van der Waals surface area contributed by atoms with Gasteiger partial charge in [0.05, 0.1) is 13.0 Å². The SMILES string of the molecule is O=C(Cc1ccc(F)cc1)NCc1csc(=O)[nH]1. The molecule has 0 spiro atoms. The maximum atomic E-state index is 12.7. The van der Waals surface area contributed by atoms with Crippen molar-refractivity contribution in [2.45, 2.75) is 13.0 Å². The Balaban J connectivity index is 1.85. The van der Waals surface area contributed by atoms with Crippen LogP contribution >= 0.6 is 11.3 Å². The largest absolute Gasteiger partial charge is 0.350 e. The van der Waals surface area contributed by atoms with Crippen molar-refractivity contribution in [1.29, 1.82) is 0 Å². The lowest BCUT2D eigenvalue weighted by Gasteiger charge is -2.03. The van der Waals surface area contributed by atoms with Crippen molar-refractivity contribution in [3.63, 3.8) is 0 Å². The number of hydrogen-bond donors (Lipinski definition) is 2. The van der Waals surface area contributed by atoms with E-state index in [0.29, 0.717) is 12.2 Å². The predicted octanol–water partition coefficient (Wildman–Crippen LogP) is 1.43. The second-order valence-corrected chi connectivity index (χ2v) is 4.60. The van der Waals surface area contributed by atoms with Crippen LogP contribution in [0, 0.1) is 5.82 Å². The quantitative estimate of drug-likeness (QED) is 0.879. The van der Waals surface area contributed by atoms with E-state index in [1.54, 1.807) is 17.5 Å². The van der Waals surface area contributed by atoms with Gasteiger partial charge in [-0.3, -0.25) is 9.59 Å². The van der Waals surface area contributed by atoms with E-state index in [9.17, 15) is 14.0 Å². The van der Waals surface area contributed by atoms with Gasteiger partial charge in [-0.1, -0.05) is 23.5 Å². The molecule has 1 amide bonds. The summed E-state index contributed by atoms with van der Waals surface area (Å²) in [6.07, 6.45) is 0.189. The Bertz CT molecular complexity index is 589. The summed E-state index contributed by atoms with van der Waals surface area (Å²) in [5.41, 5.74) is 1.42. The third-order valence-electron chi connectivity index (χ3n) is 2.32. The Hall–Kier alpha value is -1.95. The maximum absolute atomic E-state index is 12.7. The van der Waals surface area contributed by atoms with Crippen LogP contribution in [0.1, 0.15) is 11.3 Å². The van der Waals surface area contributed by atoms with Gasteiger partial charge in [0.15, 0.2) is 0 Å². The standard InChI is InChI=1S/C12H11FN2O2S/c13-9-3-1-8(2-4-9)5-11(16)14-6-10-7-18-12(17)15-10/h1-4,7H,5-6H2,(H,14,16)(H,15,17). The molecule has 0 saturated carbocycles. The first-order valence-corrected chi connectivity index (χ1v) is 6.19. The number of amides is 1. The minimum absolute atomic E-state index is 0.141. The fraction of sp³-hybridized carbons (Fsp3) is 0.167. The Morgan fingerprint density at radius 1 is 1.33 bits per heavy atom. The monoisotopic (exact) mass is 266 g/mol. The summed E-state index contributed by atoms with van der Waals surface area (Å²) in [6, 6.07) is 5.78. The number of benzene rings is 1. The van der Waals surface area contributed by atoms with E-state index in [2.05, 4.69) is 10.3 Å². The zero-order chi connectivity index (χ0) is 13.0. The first-order chi connectivity index (χ1) is 8.63. The molecule has 0 bridgehead atoms. The molecule has 0 saturated heterocycles. The summed E-state index contributed by atoms with van der Waals surface area (Å²) in [5, 5.41) is 4.35. The molecule has 2 rings (SSSR count). The van der Waals surface area contributed by atoms with Gasteiger partial charge in [-0.2, -0.15) is 0 Å². The molecular weight excluding hydrogens is 255 g/mol. The van der Waals surface area contributed by atoms with Crippen molar-refractivity contribution in [3.05, 3.63) is 56.4 Å². The average molecular weight is 266 g/mol. The lowest BCUT2D eigenvalue weighted by molar-refractivity contribution is -0.120. The normalized spacial score (nSPS) is 10.3. The third-order valence-corrected chi connectivity index (χ3v) is 3.04.